The molecule has 0 bridgehead atoms. The Hall–Kier alpha value is -2.13. The van der Waals surface area contributed by atoms with Crippen LogP contribution in [0.5, 0.6) is 5.75 Å². The van der Waals surface area contributed by atoms with Crippen LogP contribution in [-0.4, -0.2) is 20.1 Å². The Labute approximate surface area is 168 Å². The molecule has 150 valence electrons. The molecule has 2 N–H and O–H groups in total. The quantitative estimate of drug-likeness (QED) is 0.576. The average Bonchev–Trinajstić information content (AvgIpc) is 3.34. The number of ether oxygens (including phenoxy) is 1. The largest absolute Gasteiger partial charge is 0.493 e. The Morgan fingerprint density at radius 2 is 1.93 bits per heavy atom. The summed E-state index contributed by atoms with van der Waals surface area (Å²) < 4.78 is 38.8. The van der Waals surface area contributed by atoms with Gasteiger partial charge in [0, 0.05) is 16.3 Å². The van der Waals surface area contributed by atoms with Crippen LogP contribution in [0.4, 0.5) is 0 Å². The molecular weight excluding hydrogens is 398 g/mol. The molecule has 3 rings (SSSR count). The van der Waals surface area contributed by atoms with E-state index in [0.717, 1.165) is 21.8 Å². The molecular formula is C20H23NO5S2. The first kappa shape index (κ1) is 20.6. The fraction of sp³-hybridized carbons (Fsp3) is 0.300. The van der Waals surface area contributed by atoms with Crippen LogP contribution in [0, 0.1) is 13.8 Å². The summed E-state index contributed by atoms with van der Waals surface area (Å²) in [5.74, 6) is 1.17. The molecule has 0 saturated heterocycles. The summed E-state index contributed by atoms with van der Waals surface area (Å²) in [6.45, 7) is 6.22. The van der Waals surface area contributed by atoms with Gasteiger partial charge in [-0.2, -0.15) is 0 Å². The molecule has 8 heteroatoms. The zero-order valence-electron chi connectivity index (χ0n) is 15.9. The molecule has 0 radical (unpaired) electrons. The van der Waals surface area contributed by atoms with E-state index in [1.54, 1.807) is 36.4 Å². The van der Waals surface area contributed by atoms with Gasteiger partial charge in [-0.3, -0.25) is 0 Å². The van der Waals surface area contributed by atoms with Gasteiger partial charge < -0.3 is 14.3 Å². The third-order valence-electron chi connectivity index (χ3n) is 4.23. The van der Waals surface area contributed by atoms with Crippen LogP contribution in [-0.2, 0) is 16.6 Å². The fourth-order valence-corrected chi connectivity index (χ4v) is 5.13. The minimum absolute atomic E-state index is 0.142. The second kappa shape index (κ2) is 8.48. The number of aliphatic hydroxyl groups excluding tert-OH is 1. The van der Waals surface area contributed by atoms with Gasteiger partial charge in [-0.25, -0.2) is 13.1 Å². The molecule has 28 heavy (non-hydrogen) atoms. The van der Waals surface area contributed by atoms with E-state index in [1.807, 2.05) is 20.8 Å². The van der Waals surface area contributed by atoms with Crippen molar-refractivity contribution in [1.82, 2.24) is 4.72 Å². The summed E-state index contributed by atoms with van der Waals surface area (Å²) in [4.78, 5) is 1.69. The maximum Gasteiger partial charge on any atom is 0.240 e. The zero-order valence-corrected chi connectivity index (χ0v) is 17.6. The summed E-state index contributed by atoms with van der Waals surface area (Å²) in [7, 11) is -3.67. The molecule has 0 fully saturated rings. The van der Waals surface area contributed by atoms with Crippen molar-refractivity contribution in [3.05, 3.63) is 69.3 Å². The van der Waals surface area contributed by atoms with Crippen LogP contribution in [0.15, 0.2) is 52.0 Å². The molecule has 0 aliphatic rings. The highest BCUT2D eigenvalue weighted by atomic mass is 32.2. The highest BCUT2D eigenvalue weighted by molar-refractivity contribution is 7.89. The van der Waals surface area contributed by atoms with Gasteiger partial charge in [-0.15, -0.1) is 11.3 Å². The van der Waals surface area contributed by atoms with E-state index in [4.69, 9.17) is 9.15 Å². The average molecular weight is 422 g/mol. The number of aryl methyl sites for hydroxylation is 2. The van der Waals surface area contributed by atoms with Crippen LogP contribution in [0.25, 0.3) is 0 Å². The van der Waals surface area contributed by atoms with Gasteiger partial charge in [0.1, 0.15) is 17.6 Å². The van der Waals surface area contributed by atoms with Crippen molar-refractivity contribution in [1.29, 1.82) is 0 Å². The lowest BCUT2D eigenvalue weighted by Crippen LogP contribution is -2.23. The van der Waals surface area contributed by atoms with E-state index in [1.165, 1.54) is 17.6 Å². The van der Waals surface area contributed by atoms with E-state index >= 15 is 0 Å². The first-order valence-electron chi connectivity index (χ1n) is 8.85. The second-order valence-electron chi connectivity index (χ2n) is 6.37. The van der Waals surface area contributed by atoms with Gasteiger partial charge in [-0.05, 0) is 68.3 Å². The van der Waals surface area contributed by atoms with Crippen molar-refractivity contribution in [3.63, 3.8) is 0 Å². The van der Waals surface area contributed by atoms with E-state index < -0.39 is 16.1 Å². The second-order valence-corrected chi connectivity index (χ2v) is 9.33. The number of hydrogen-bond donors (Lipinski definition) is 2. The Morgan fingerprint density at radius 1 is 1.21 bits per heavy atom. The number of aliphatic hydroxyl groups is 1. The molecule has 0 amide bonds. The predicted octanol–water partition coefficient (Wildman–Crippen LogP) is 3.92. The molecule has 2 heterocycles. The highest BCUT2D eigenvalue weighted by Gasteiger charge is 2.19. The normalized spacial score (nSPS) is 12.9. The lowest BCUT2D eigenvalue weighted by molar-refractivity contribution is 0.193. The molecule has 1 atom stereocenters. The topological polar surface area (TPSA) is 88.8 Å². The number of thiophene rings is 1. The van der Waals surface area contributed by atoms with Gasteiger partial charge in [0.2, 0.25) is 10.0 Å². The van der Waals surface area contributed by atoms with Gasteiger partial charge in [-0.1, -0.05) is 0 Å². The van der Waals surface area contributed by atoms with Crippen molar-refractivity contribution in [2.75, 3.05) is 6.61 Å². The van der Waals surface area contributed by atoms with Gasteiger partial charge >= 0.3 is 0 Å². The van der Waals surface area contributed by atoms with E-state index in [0.29, 0.717) is 17.2 Å². The van der Waals surface area contributed by atoms with Crippen LogP contribution >= 0.6 is 11.3 Å². The van der Waals surface area contributed by atoms with Crippen LogP contribution in [0.2, 0.25) is 0 Å². The number of benzene rings is 1. The summed E-state index contributed by atoms with van der Waals surface area (Å²) >= 11 is 1.33. The smallest absolute Gasteiger partial charge is 0.240 e. The standard InChI is InChI=1S/C20H23NO5S2/c1-4-25-20-13(2)10-16(11-14(20)3)28(23,24)21-12-15-7-8-18(27-15)19(22)17-6-5-9-26-17/h5-11,19,21-22H,4,12H2,1-3H3. The third kappa shape index (κ3) is 4.47. The Morgan fingerprint density at radius 3 is 2.54 bits per heavy atom. The SMILES string of the molecule is CCOc1c(C)cc(S(=O)(=O)NCc2ccc(C(O)c3ccco3)s2)cc1C. The summed E-state index contributed by atoms with van der Waals surface area (Å²) in [5.41, 5.74) is 1.56. The van der Waals surface area contributed by atoms with Crippen molar-refractivity contribution in [2.45, 2.75) is 38.3 Å². The van der Waals surface area contributed by atoms with Crippen LogP contribution in [0.3, 0.4) is 0 Å². The number of nitrogens with one attached hydrogen (secondary N) is 1. The van der Waals surface area contributed by atoms with Gasteiger partial charge in [0.05, 0.1) is 17.8 Å². The zero-order chi connectivity index (χ0) is 20.3. The molecule has 0 aliphatic carbocycles. The van der Waals surface area contributed by atoms with Gasteiger partial charge in [0.15, 0.2) is 0 Å². The van der Waals surface area contributed by atoms with Crippen molar-refractivity contribution in [3.8, 4) is 5.75 Å². The highest BCUT2D eigenvalue weighted by Crippen LogP contribution is 2.30. The first-order valence-corrected chi connectivity index (χ1v) is 11.2. The number of rotatable bonds is 8. The molecule has 0 spiro atoms. The Kier molecular flexibility index (Phi) is 6.24. The van der Waals surface area contributed by atoms with Crippen molar-refractivity contribution >= 4 is 21.4 Å². The summed E-state index contributed by atoms with van der Waals surface area (Å²) in [6.07, 6.45) is 0.643. The predicted molar refractivity (Wildman–Crippen MR) is 108 cm³/mol. The van der Waals surface area contributed by atoms with Crippen LogP contribution in [0.1, 0.15) is 39.7 Å². The monoisotopic (exact) mass is 421 g/mol. The molecule has 6 nitrogen and oxygen atoms in total. The van der Waals surface area contributed by atoms with Crippen molar-refractivity contribution in [2.24, 2.45) is 0 Å². The number of sulfonamides is 1. The fourth-order valence-electron chi connectivity index (χ4n) is 2.91. The molecule has 0 aliphatic heterocycles. The minimum Gasteiger partial charge on any atom is -0.493 e. The Bertz CT molecular complexity index is 1020. The van der Waals surface area contributed by atoms with Crippen LogP contribution < -0.4 is 9.46 Å². The first-order chi connectivity index (χ1) is 13.3. The minimum atomic E-state index is -3.67. The summed E-state index contributed by atoms with van der Waals surface area (Å²) in [5, 5.41) is 10.3. The summed E-state index contributed by atoms with van der Waals surface area (Å²) in [6, 6.07) is 10.2. The molecule has 2 aromatic heterocycles. The van der Waals surface area contributed by atoms with Crippen molar-refractivity contribution < 1.29 is 22.7 Å². The molecule has 3 aromatic rings. The Balaban J connectivity index is 1.72. The lowest BCUT2D eigenvalue weighted by atomic mass is 10.1. The molecule has 1 aromatic carbocycles. The maximum atomic E-state index is 12.7. The van der Waals surface area contributed by atoms with E-state index in [9.17, 15) is 13.5 Å². The van der Waals surface area contributed by atoms with E-state index in [-0.39, 0.29) is 11.4 Å². The maximum absolute atomic E-state index is 12.7. The molecule has 0 saturated carbocycles. The lowest BCUT2D eigenvalue weighted by Gasteiger charge is -2.13. The number of furan rings is 1. The molecule has 1 unspecified atom stereocenters. The van der Waals surface area contributed by atoms with Gasteiger partial charge in [0.25, 0.3) is 0 Å². The number of hydrogen-bond acceptors (Lipinski definition) is 6. The third-order valence-corrected chi connectivity index (χ3v) is 6.75. The van der Waals surface area contributed by atoms with E-state index in [2.05, 4.69) is 4.72 Å².